The fraction of sp³-hybridized carbons (Fsp3) is 0.733. The van der Waals surface area contributed by atoms with Crippen molar-refractivity contribution in [3.05, 3.63) is 22.2 Å². The van der Waals surface area contributed by atoms with E-state index < -0.39 is 0 Å². The molecule has 4 rings (SSSR count). The lowest BCUT2D eigenvalue weighted by atomic mass is 9.70. The first-order chi connectivity index (χ1) is 9.72. The van der Waals surface area contributed by atoms with Crippen LogP contribution in [-0.4, -0.2) is 28.1 Å². The number of hydrogen-bond acceptors (Lipinski definition) is 4. The van der Waals surface area contributed by atoms with Crippen LogP contribution in [0.15, 0.2) is 10.9 Å². The maximum Gasteiger partial charge on any atom is 0.252 e. The number of hydrogen-bond donors (Lipinski definition) is 3. The molecule has 1 aliphatic heterocycles. The van der Waals surface area contributed by atoms with Crippen LogP contribution in [0.5, 0.6) is 0 Å². The van der Waals surface area contributed by atoms with E-state index in [9.17, 15) is 4.79 Å². The third-order valence-corrected chi connectivity index (χ3v) is 5.02. The monoisotopic (exact) mass is 274 g/mol. The summed E-state index contributed by atoms with van der Waals surface area (Å²) in [7, 11) is 0. The highest BCUT2D eigenvalue weighted by molar-refractivity contribution is 5.36. The lowest BCUT2D eigenvalue weighted by Gasteiger charge is -2.48. The highest BCUT2D eigenvalue weighted by Crippen LogP contribution is 2.39. The summed E-state index contributed by atoms with van der Waals surface area (Å²) in [6.07, 6.45) is 8.50. The molecule has 1 saturated heterocycles. The van der Waals surface area contributed by atoms with E-state index in [1.807, 2.05) is 0 Å². The minimum absolute atomic E-state index is 0.0308. The highest BCUT2D eigenvalue weighted by atomic mass is 16.1. The Bertz CT molecular complexity index is 559. The molecule has 5 nitrogen and oxygen atoms in total. The van der Waals surface area contributed by atoms with Crippen molar-refractivity contribution < 1.29 is 0 Å². The number of H-pyrrole nitrogens is 1. The fourth-order valence-corrected chi connectivity index (χ4v) is 3.57. The molecule has 1 atom stereocenters. The molecule has 0 radical (unpaired) electrons. The largest absolute Gasteiger partial charge is 0.367 e. The molecule has 1 spiro atoms. The van der Waals surface area contributed by atoms with Crippen LogP contribution in [0.25, 0.3) is 0 Å². The summed E-state index contributed by atoms with van der Waals surface area (Å²) < 4.78 is 0. The van der Waals surface area contributed by atoms with Crippen molar-refractivity contribution in [2.75, 3.05) is 11.9 Å². The molecule has 1 unspecified atom stereocenters. The predicted molar refractivity (Wildman–Crippen MR) is 78.1 cm³/mol. The zero-order valence-corrected chi connectivity index (χ0v) is 11.7. The van der Waals surface area contributed by atoms with Gasteiger partial charge in [-0.2, -0.15) is 0 Å². The summed E-state index contributed by atoms with van der Waals surface area (Å²) in [5.74, 6) is 2.11. The van der Waals surface area contributed by atoms with Crippen molar-refractivity contribution in [2.45, 2.75) is 62.4 Å². The summed E-state index contributed by atoms with van der Waals surface area (Å²) in [5.41, 5.74) is 0.341. The van der Waals surface area contributed by atoms with Gasteiger partial charge in [-0.1, -0.05) is 0 Å². The second-order valence-corrected chi connectivity index (χ2v) is 6.68. The minimum Gasteiger partial charge on any atom is -0.367 e. The molecule has 0 aromatic carbocycles. The van der Waals surface area contributed by atoms with Gasteiger partial charge in [0, 0.05) is 23.6 Å². The van der Waals surface area contributed by atoms with Gasteiger partial charge in [0.2, 0.25) is 0 Å². The van der Waals surface area contributed by atoms with E-state index >= 15 is 0 Å². The van der Waals surface area contributed by atoms with Crippen molar-refractivity contribution >= 4 is 5.82 Å². The number of nitrogens with zero attached hydrogens (tertiary/aromatic N) is 1. The van der Waals surface area contributed by atoms with Crippen LogP contribution in [0.3, 0.4) is 0 Å². The SMILES string of the molecule is O=c1cc(NC2CCNC3(CCC3)C2)nc(C2CC2)[nH]1. The second-order valence-electron chi connectivity index (χ2n) is 6.68. The Morgan fingerprint density at radius 2 is 2.15 bits per heavy atom. The number of nitrogens with one attached hydrogen (secondary N) is 3. The van der Waals surface area contributed by atoms with E-state index in [2.05, 4.69) is 20.6 Å². The van der Waals surface area contributed by atoms with Crippen LogP contribution < -0.4 is 16.2 Å². The zero-order valence-electron chi connectivity index (χ0n) is 11.7. The molecule has 2 aliphatic carbocycles. The van der Waals surface area contributed by atoms with E-state index in [0.717, 1.165) is 43.9 Å². The van der Waals surface area contributed by atoms with Crippen LogP contribution in [0.2, 0.25) is 0 Å². The van der Waals surface area contributed by atoms with Crippen molar-refractivity contribution in [2.24, 2.45) is 0 Å². The first kappa shape index (κ1) is 12.4. The van der Waals surface area contributed by atoms with Crippen molar-refractivity contribution in [3.63, 3.8) is 0 Å². The Balaban J connectivity index is 1.49. The molecule has 0 amide bonds. The number of piperidine rings is 1. The molecule has 2 saturated carbocycles. The molecule has 3 aliphatic rings. The second kappa shape index (κ2) is 4.58. The Hall–Kier alpha value is -1.36. The Labute approximate surface area is 118 Å². The van der Waals surface area contributed by atoms with Gasteiger partial charge in [-0.25, -0.2) is 4.98 Å². The van der Waals surface area contributed by atoms with Gasteiger partial charge in [-0.05, 0) is 51.5 Å². The summed E-state index contributed by atoms with van der Waals surface area (Å²) in [6.45, 7) is 1.07. The molecule has 0 bridgehead atoms. The summed E-state index contributed by atoms with van der Waals surface area (Å²) in [4.78, 5) is 19.2. The maximum atomic E-state index is 11.7. The maximum absolute atomic E-state index is 11.7. The minimum atomic E-state index is -0.0308. The Kier molecular flexibility index (Phi) is 2.84. The van der Waals surface area contributed by atoms with E-state index in [4.69, 9.17) is 0 Å². The van der Waals surface area contributed by atoms with Crippen LogP contribution in [0.1, 0.15) is 56.7 Å². The number of anilines is 1. The Morgan fingerprint density at radius 1 is 1.30 bits per heavy atom. The average Bonchev–Trinajstić information content (AvgIpc) is 3.21. The van der Waals surface area contributed by atoms with Gasteiger partial charge in [0.05, 0.1) is 0 Å². The Morgan fingerprint density at radius 3 is 2.85 bits per heavy atom. The topological polar surface area (TPSA) is 69.8 Å². The van der Waals surface area contributed by atoms with Gasteiger partial charge in [0.1, 0.15) is 11.6 Å². The molecular weight excluding hydrogens is 252 g/mol. The van der Waals surface area contributed by atoms with Crippen LogP contribution in [0.4, 0.5) is 5.82 Å². The number of aromatic nitrogens is 2. The molecule has 3 fully saturated rings. The molecule has 108 valence electrons. The van der Waals surface area contributed by atoms with E-state index in [1.165, 1.54) is 19.3 Å². The van der Waals surface area contributed by atoms with Crippen molar-refractivity contribution in [1.82, 2.24) is 15.3 Å². The zero-order chi connectivity index (χ0) is 13.6. The van der Waals surface area contributed by atoms with Crippen LogP contribution in [-0.2, 0) is 0 Å². The van der Waals surface area contributed by atoms with E-state index in [1.54, 1.807) is 6.07 Å². The van der Waals surface area contributed by atoms with Crippen molar-refractivity contribution in [3.8, 4) is 0 Å². The molecule has 2 heterocycles. The van der Waals surface area contributed by atoms with Gasteiger partial charge < -0.3 is 15.6 Å². The van der Waals surface area contributed by atoms with Gasteiger partial charge in [0.25, 0.3) is 5.56 Å². The molecule has 20 heavy (non-hydrogen) atoms. The fourth-order valence-electron chi connectivity index (χ4n) is 3.57. The smallest absolute Gasteiger partial charge is 0.252 e. The van der Waals surface area contributed by atoms with Gasteiger partial charge in [-0.15, -0.1) is 0 Å². The van der Waals surface area contributed by atoms with Gasteiger partial charge in [0.15, 0.2) is 0 Å². The number of aromatic amines is 1. The highest BCUT2D eigenvalue weighted by Gasteiger charge is 2.41. The van der Waals surface area contributed by atoms with E-state index in [-0.39, 0.29) is 5.56 Å². The quantitative estimate of drug-likeness (QED) is 0.785. The van der Waals surface area contributed by atoms with Gasteiger partial charge in [-0.3, -0.25) is 4.79 Å². The summed E-state index contributed by atoms with van der Waals surface area (Å²) in [6, 6.07) is 2.04. The summed E-state index contributed by atoms with van der Waals surface area (Å²) >= 11 is 0. The average molecular weight is 274 g/mol. The lowest BCUT2D eigenvalue weighted by molar-refractivity contribution is 0.135. The van der Waals surface area contributed by atoms with Crippen LogP contribution in [0, 0.1) is 0 Å². The van der Waals surface area contributed by atoms with Crippen LogP contribution >= 0.6 is 0 Å². The molecule has 1 aromatic heterocycles. The van der Waals surface area contributed by atoms with Gasteiger partial charge >= 0.3 is 0 Å². The first-order valence-corrected chi connectivity index (χ1v) is 7.85. The van der Waals surface area contributed by atoms with Crippen molar-refractivity contribution in [1.29, 1.82) is 0 Å². The summed E-state index contributed by atoms with van der Waals surface area (Å²) in [5, 5.41) is 7.17. The molecule has 3 N–H and O–H groups in total. The van der Waals surface area contributed by atoms with E-state index in [0.29, 0.717) is 17.5 Å². The standard InChI is InChI=1S/C15H22N4O/c20-13-8-12(18-14(19-13)10-2-3-10)17-11-4-7-16-15(9-11)5-1-6-15/h8,10-11,16H,1-7,9H2,(H2,17,18,19,20). The molecule has 5 heteroatoms. The normalized spacial score (nSPS) is 28.1. The molecule has 1 aromatic rings. The third kappa shape index (κ3) is 2.35. The molecular formula is C15H22N4O. The first-order valence-electron chi connectivity index (χ1n) is 7.85. The predicted octanol–water partition coefficient (Wildman–Crippen LogP) is 1.73. The number of rotatable bonds is 3. The lowest BCUT2D eigenvalue weighted by Crippen LogP contribution is -2.58. The third-order valence-electron chi connectivity index (χ3n) is 5.02.